The molecule has 1 aromatic carbocycles. The number of carbonyl (C=O) groups excluding carboxylic acids is 1. The normalized spacial score (nSPS) is 11.0. The molecule has 8 heteroatoms. The monoisotopic (exact) mass is 438 g/mol. The molecule has 1 heterocycles. The van der Waals surface area contributed by atoms with Crippen LogP contribution in [0.2, 0.25) is 0 Å². The van der Waals surface area contributed by atoms with Crippen LogP contribution < -0.4 is 0 Å². The number of ether oxygens (including phenoxy) is 1. The third-order valence-electron chi connectivity index (χ3n) is 3.17. The molecule has 0 bridgehead atoms. The number of aliphatic imine (C=N–C) groups is 2. The Morgan fingerprint density at radius 2 is 1.69 bits per heavy atom. The van der Waals surface area contributed by atoms with Gasteiger partial charge in [0.2, 0.25) is 0 Å². The Morgan fingerprint density at radius 3 is 2.23 bits per heavy atom. The second-order valence-corrected chi connectivity index (χ2v) is 7.08. The van der Waals surface area contributed by atoms with Crippen molar-refractivity contribution in [2.24, 2.45) is 9.98 Å². The first-order valence-corrected chi connectivity index (χ1v) is 10.7. The number of hydrogen-bond acceptors (Lipinski definition) is 4. The average molecular weight is 439 g/mol. The van der Waals surface area contributed by atoms with Gasteiger partial charge < -0.3 is 9.15 Å². The standard InChI is InChI=1S/C18H20N2O3.2ClH.Fe/c1-5-22-18(21)20-11-16-7-6-15(23-16)10-19-17-13(3)8-12(2)9-14(17)4;;;/h6-11H,5H2,1-4H3;2*1H;/q;;;+2/p-2/b19-10?,20-11+;;;. The molecule has 0 saturated heterocycles. The van der Waals surface area contributed by atoms with Crippen LogP contribution in [0.3, 0.4) is 0 Å². The number of carbonyl (C=O) groups is 1. The Hall–Kier alpha value is -1.59. The van der Waals surface area contributed by atoms with Gasteiger partial charge >= 0.3 is 39.4 Å². The van der Waals surface area contributed by atoms with Crippen LogP contribution in [-0.4, -0.2) is 25.1 Å². The molecule has 0 unspecified atom stereocenters. The molecule has 0 fully saturated rings. The molecular weight excluding hydrogens is 419 g/mol. The Kier molecular flexibility index (Phi) is 10.3. The van der Waals surface area contributed by atoms with Crippen LogP contribution >= 0.6 is 20.2 Å². The summed E-state index contributed by atoms with van der Waals surface area (Å²) in [6.07, 6.45) is 2.36. The van der Waals surface area contributed by atoms with Crippen molar-refractivity contribution >= 4 is 44.4 Å². The van der Waals surface area contributed by atoms with Crippen LogP contribution in [-0.2, 0) is 17.9 Å². The van der Waals surface area contributed by atoms with Crippen molar-refractivity contribution in [3.63, 3.8) is 0 Å². The summed E-state index contributed by atoms with van der Waals surface area (Å²) in [4.78, 5) is 19.3. The number of benzene rings is 1. The number of nitrogens with zero attached hydrogens (tertiary/aromatic N) is 2. The molecule has 0 aliphatic rings. The van der Waals surface area contributed by atoms with E-state index in [9.17, 15) is 4.79 Å². The van der Waals surface area contributed by atoms with Gasteiger partial charge in [0.15, 0.2) is 0 Å². The van der Waals surface area contributed by atoms with Gasteiger partial charge in [-0.25, -0.2) is 4.79 Å². The summed E-state index contributed by atoms with van der Waals surface area (Å²) in [5.41, 5.74) is 4.40. The van der Waals surface area contributed by atoms with Gasteiger partial charge in [-0.05, 0) is 51.0 Å². The summed E-state index contributed by atoms with van der Waals surface area (Å²) in [6.45, 7) is 8.15. The predicted molar refractivity (Wildman–Crippen MR) is 103 cm³/mol. The van der Waals surface area contributed by atoms with E-state index in [0.29, 0.717) is 18.1 Å². The van der Waals surface area contributed by atoms with Crippen molar-refractivity contribution in [1.82, 2.24) is 0 Å². The minimum absolute atomic E-state index is 0.194. The molecule has 0 atom stereocenters. The fourth-order valence-electron chi connectivity index (χ4n) is 2.29. The van der Waals surface area contributed by atoms with Crippen molar-refractivity contribution in [1.29, 1.82) is 0 Å². The molecule has 0 aliphatic heterocycles. The van der Waals surface area contributed by atoms with E-state index in [1.165, 1.54) is 11.8 Å². The molecule has 1 amide bonds. The second kappa shape index (κ2) is 11.9. The molecule has 0 spiro atoms. The van der Waals surface area contributed by atoms with Gasteiger partial charge in [-0.2, -0.15) is 4.99 Å². The fourth-order valence-corrected chi connectivity index (χ4v) is 2.29. The van der Waals surface area contributed by atoms with Crippen molar-refractivity contribution in [3.05, 3.63) is 52.5 Å². The molecule has 0 saturated carbocycles. The molecule has 0 aliphatic carbocycles. The molecule has 1 aromatic heterocycles. The molecule has 0 radical (unpaired) electrons. The third kappa shape index (κ3) is 7.75. The Bertz CT molecular complexity index is 765. The van der Waals surface area contributed by atoms with E-state index in [1.54, 1.807) is 25.3 Å². The molecule has 2 rings (SSSR count). The topological polar surface area (TPSA) is 64.2 Å². The van der Waals surface area contributed by atoms with Crippen LogP contribution in [0, 0.1) is 20.8 Å². The van der Waals surface area contributed by atoms with Crippen molar-refractivity contribution in [2.75, 3.05) is 6.61 Å². The van der Waals surface area contributed by atoms with Gasteiger partial charge in [0, 0.05) is 0 Å². The van der Waals surface area contributed by atoms with Gasteiger partial charge in [0.25, 0.3) is 0 Å². The van der Waals surface area contributed by atoms with Crippen LogP contribution in [0.5, 0.6) is 0 Å². The number of aryl methyl sites for hydroxylation is 3. The van der Waals surface area contributed by atoms with E-state index >= 15 is 0 Å². The zero-order valence-electron chi connectivity index (χ0n) is 14.9. The second-order valence-electron chi connectivity index (χ2n) is 5.25. The quantitative estimate of drug-likeness (QED) is 0.440. The summed E-state index contributed by atoms with van der Waals surface area (Å²) in [6, 6.07) is 7.69. The molecule has 0 N–H and O–H groups in total. The van der Waals surface area contributed by atoms with E-state index in [1.807, 2.05) is 13.8 Å². The fraction of sp³-hybridized carbons (Fsp3) is 0.278. The van der Waals surface area contributed by atoms with E-state index in [2.05, 4.69) is 29.0 Å². The molecule has 2 aromatic rings. The van der Waals surface area contributed by atoms with E-state index in [0.717, 1.165) is 16.8 Å². The van der Waals surface area contributed by atoms with Gasteiger partial charge in [-0.1, -0.05) is 17.7 Å². The summed E-state index contributed by atoms with van der Waals surface area (Å²) in [5, 5.41) is 0. The van der Waals surface area contributed by atoms with Gasteiger partial charge in [0.1, 0.15) is 11.5 Å². The van der Waals surface area contributed by atoms with Crippen LogP contribution in [0.15, 0.2) is 38.7 Å². The Morgan fingerprint density at radius 1 is 1.15 bits per heavy atom. The SMILES string of the molecule is CCOC(=O)/N=C/c1ccc(C=Nc2c(C)cc(C)cc2C)o1.[Cl][Fe][Cl]. The predicted octanol–water partition coefficient (Wildman–Crippen LogP) is 5.91. The number of hydrogen-bond donors (Lipinski definition) is 0. The van der Waals surface area contributed by atoms with Crippen molar-refractivity contribution < 1.29 is 27.1 Å². The zero-order chi connectivity index (χ0) is 19.5. The average Bonchev–Trinajstić information content (AvgIpc) is 3.01. The molecule has 5 nitrogen and oxygen atoms in total. The van der Waals surface area contributed by atoms with Gasteiger partial charge in [-0.3, -0.25) is 4.99 Å². The van der Waals surface area contributed by atoms with Crippen molar-refractivity contribution in [3.8, 4) is 0 Å². The summed E-state index contributed by atoms with van der Waals surface area (Å²) in [7, 11) is 9.53. The van der Waals surface area contributed by atoms with Gasteiger partial charge in [0.05, 0.1) is 24.7 Å². The van der Waals surface area contributed by atoms with Gasteiger partial charge in [-0.15, -0.1) is 0 Å². The first kappa shape index (κ1) is 22.5. The Balaban J connectivity index is 0.00000105. The minimum atomic E-state index is -0.634. The number of rotatable bonds is 4. The van der Waals surface area contributed by atoms with E-state index < -0.39 is 6.09 Å². The first-order chi connectivity index (χ1) is 12.4. The number of halogens is 2. The summed E-state index contributed by atoms with van der Waals surface area (Å²) in [5.74, 6) is 1.06. The maximum atomic E-state index is 11.1. The molecule has 142 valence electrons. The third-order valence-corrected chi connectivity index (χ3v) is 3.17. The molecule has 26 heavy (non-hydrogen) atoms. The van der Waals surface area contributed by atoms with Crippen LogP contribution in [0.4, 0.5) is 10.5 Å². The first-order valence-electron chi connectivity index (χ1n) is 7.69. The maximum absolute atomic E-state index is 11.1. The van der Waals surface area contributed by atoms with E-state index in [4.69, 9.17) is 29.4 Å². The zero-order valence-corrected chi connectivity index (χ0v) is 17.5. The molecular formula is C18H20Cl2FeN2O3. The van der Waals surface area contributed by atoms with E-state index in [-0.39, 0.29) is 13.1 Å². The van der Waals surface area contributed by atoms with Crippen molar-refractivity contribution in [2.45, 2.75) is 27.7 Å². The number of amides is 1. The summed E-state index contributed by atoms with van der Waals surface area (Å²) >= 11 is 0.194. The Labute approximate surface area is 168 Å². The summed E-state index contributed by atoms with van der Waals surface area (Å²) < 4.78 is 10.2. The van der Waals surface area contributed by atoms with Crippen LogP contribution in [0.1, 0.15) is 35.1 Å². The van der Waals surface area contributed by atoms with Crippen LogP contribution in [0.25, 0.3) is 0 Å². The number of furan rings is 1.